The third-order valence-corrected chi connectivity index (χ3v) is 3.35. The highest BCUT2D eigenvalue weighted by atomic mass is 32.1. The molecule has 1 aromatic carbocycles. The molecule has 0 saturated carbocycles. The Balaban J connectivity index is 2.54. The van der Waals surface area contributed by atoms with Gasteiger partial charge in [0.25, 0.3) is 0 Å². The van der Waals surface area contributed by atoms with E-state index in [1.165, 1.54) is 6.07 Å². The van der Waals surface area contributed by atoms with Crippen LogP contribution in [0.3, 0.4) is 0 Å². The van der Waals surface area contributed by atoms with E-state index < -0.39 is 0 Å². The highest BCUT2D eigenvalue weighted by Gasteiger charge is 2.08. The topological polar surface area (TPSA) is 26.0 Å². The van der Waals surface area contributed by atoms with Crippen molar-refractivity contribution in [2.75, 3.05) is 0 Å². The maximum absolute atomic E-state index is 12.9. The van der Waals surface area contributed by atoms with Crippen LogP contribution in [0.2, 0.25) is 0 Å². The second-order valence-corrected chi connectivity index (χ2v) is 4.42. The van der Waals surface area contributed by atoms with E-state index in [1.54, 1.807) is 17.4 Å². The number of nitrogens with two attached hydrogens (primary N) is 1. The standard InChI is InChI=1S/C12H12FNS/c1-8-6-9(13)2-3-10(8)11-4-5-15-12(11)7-14/h2-6H,7,14H2,1H3. The van der Waals surface area contributed by atoms with E-state index in [-0.39, 0.29) is 5.82 Å². The van der Waals surface area contributed by atoms with Crippen molar-refractivity contribution in [1.29, 1.82) is 0 Å². The molecule has 15 heavy (non-hydrogen) atoms. The van der Waals surface area contributed by atoms with Crippen LogP contribution in [0.5, 0.6) is 0 Å². The fourth-order valence-electron chi connectivity index (χ4n) is 1.67. The zero-order valence-electron chi connectivity index (χ0n) is 8.46. The first kappa shape index (κ1) is 10.3. The zero-order valence-corrected chi connectivity index (χ0v) is 9.27. The molecule has 3 heteroatoms. The third kappa shape index (κ3) is 1.94. The fraction of sp³-hybridized carbons (Fsp3) is 0.167. The number of rotatable bonds is 2. The molecule has 0 aliphatic heterocycles. The quantitative estimate of drug-likeness (QED) is 0.827. The molecule has 2 N–H and O–H groups in total. The second-order valence-electron chi connectivity index (χ2n) is 3.42. The Morgan fingerprint density at radius 3 is 2.73 bits per heavy atom. The minimum Gasteiger partial charge on any atom is -0.326 e. The van der Waals surface area contributed by atoms with Crippen molar-refractivity contribution in [3.8, 4) is 11.1 Å². The summed E-state index contributed by atoms with van der Waals surface area (Å²) in [5.74, 6) is -0.194. The first-order valence-electron chi connectivity index (χ1n) is 4.75. The molecule has 0 saturated heterocycles. The van der Waals surface area contributed by atoms with Gasteiger partial charge in [0.15, 0.2) is 0 Å². The Hall–Kier alpha value is -1.19. The number of benzene rings is 1. The van der Waals surface area contributed by atoms with Crippen molar-refractivity contribution >= 4 is 11.3 Å². The van der Waals surface area contributed by atoms with Crippen molar-refractivity contribution in [1.82, 2.24) is 0 Å². The predicted molar refractivity (Wildman–Crippen MR) is 62.3 cm³/mol. The molecule has 2 rings (SSSR count). The maximum Gasteiger partial charge on any atom is 0.123 e. The van der Waals surface area contributed by atoms with Crippen molar-refractivity contribution in [2.45, 2.75) is 13.5 Å². The summed E-state index contributed by atoms with van der Waals surface area (Å²) in [5.41, 5.74) is 8.79. The Morgan fingerprint density at radius 2 is 2.07 bits per heavy atom. The molecule has 0 spiro atoms. The average Bonchev–Trinajstić information content (AvgIpc) is 2.65. The molecule has 0 bridgehead atoms. The van der Waals surface area contributed by atoms with Crippen molar-refractivity contribution in [3.05, 3.63) is 45.9 Å². The SMILES string of the molecule is Cc1cc(F)ccc1-c1ccsc1CN. The van der Waals surface area contributed by atoms with E-state index in [9.17, 15) is 4.39 Å². The molecule has 0 aliphatic carbocycles. The largest absolute Gasteiger partial charge is 0.326 e. The Bertz CT molecular complexity index is 476. The van der Waals surface area contributed by atoms with E-state index in [4.69, 9.17) is 5.73 Å². The van der Waals surface area contributed by atoms with Crippen LogP contribution >= 0.6 is 11.3 Å². The molecule has 0 amide bonds. The summed E-state index contributed by atoms with van der Waals surface area (Å²) >= 11 is 1.64. The van der Waals surface area contributed by atoms with Gasteiger partial charge in [-0.2, -0.15) is 0 Å². The molecular formula is C12H12FNS. The van der Waals surface area contributed by atoms with E-state index >= 15 is 0 Å². The highest BCUT2D eigenvalue weighted by molar-refractivity contribution is 7.10. The molecule has 0 atom stereocenters. The molecular weight excluding hydrogens is 209 g/mol. The van der Waals surface area contributed by atoms with Crippen LogP contribution in [0.15, 0.2) is 29.6 Å². The van der Waals surface area contributed by atoms with Crippen molar-refractivity contribution < 1.29 is 4.39 Å². The molecule has 1 nitrogen and oxygen atoms in total. The van der Waals surface area contributed by atoms with Crippen LogP contribution < -0.4 is 5.73 Å². The number of thiophene rings is 1. The summed E-state index contributed by atoms with van der Waals surface area (Å²) in [5, 5.41) is 2.01. The molecule has 2 aromatic rings. The van der Waals surface area contributed by atoms with E-state index in [0.717, 1.165) is 21.6 Å². The van der Waals surface area contributed by atoms with E-state index in [0.29, 0.717) is 6.54 Å². The van der Waals surface area contributed by atoms with Gasteiger partial charge in [-0.05, 0) is 47.2 Å². The number of hydrogen-bond donors (Lipinski definition) is 1. The summed E-state index contributed by atoms with van der Waals surface area (Å²) in [4.78, 5) is 1.14. The molecule has 1 aromatic heterocycles. The van der Waals surface area contributed by atoms with Crippen LogP contribution in [0.1, 0.15) is 10.4 Å². The van der Waals surface area contributed by atoms with Crippen LogP contribution in [-0.4, -0.2) is 0 Å². The minimum absolute atomic E-state index is 0.194. The van der Waals surface area contributed by atoms with Crippen LogP contribution in [0.25, 0.3) is 11.1 Å². The average molecular weight is 221 g/mol. The zero-order chi connectivity index (χ0) is 10.8. The maximum atomic E-state index is 12.9. The highest BCUT2D eigenvalue weighted by Crippen LogP contribution is 2.30. The van der Waals surface area contributed by atoms with Crippen molar-refractivity contribution in [2.24, 2.45) is 5.73 Å². The lowest BCUT2D eigenvalue weighted by Gasteiger charge is -2.06. The molecule has 78 valence electrons. The van der Waals surface area contributed by atoms with Gasteiger partial charge in [-0.1, -0.05) is 6.07 Å². The third-order valence-electron chi connectivity index (χ3n) is 2.41. The lowest BCUT2D eigenvalue weighted by Crippen LogP contribution is -1.95. The normalized spacial score (nSPS) is 10.6. The van der Waals surface area contributed by atoms with Gasteiger partial charge in [0, 0.05) is 11.4 Å². The fourth-order valence-corrected chi connectivity index (χ4v) is 2.44. The molecule has 0 fully saturated rings. The van der Waals surface area contributed by atoms with E-state index in [1.807, 2.05) is 24.4 Å². The van der Waals surface area contributed by atoms with Gasteiger partial charge >= 0.3 is 0 Å². The first-order valence-corrected chi connectivity index (χ1v) is 5.63. The number of aryl methyl sites for hydroxylation is 1. The Labute approximate surface area is 92.4 Å². The Kier molecular flexibility index (Phi) is 2.84. The molecule has 0 aliphatic rings. The van der Waals surface area contributed by atoms with Crippen LogP contribution in [0, 0.1) is 12.7 Å². The van der Waals surface area contributed by atoms with Gasteiger partial charge in [0.05, 0.1) is 0 Å². The Morgan fingerprint density at radius 1 is 1.27 bits per heavy atom. The summed E-state index contributed by atoms with van der Waals surface area (Å²) in [7, 11) is 0. The van der Waals surface area contributed by atoms with Gasteiger partial charge in [0.2, 0.25) is 0 Å². The summed E-state index contributed by atoms with van der Waals surface area (Å²) in [6.07, 6.45) is 0. The summed E-state index contributed by atoms with van der Waals surface area (Å²) in [6, 6.07) is 6.88. The molecule has 0 unspecified atom stereocenters. The number of hydrogen-bond acceptors (Lipinski definition) is 2. The first-order chi connectivity index (χ1) is 7.22. The molecule has 0 radical (unpaired) electrons. The second kappa shape index (κ2) is 4.13. The summed E-state index contributed by atoms with van der Waals surface area (Å²) in [6.45, 7) is 2.44. The summed E-state index contributed by atoms with van der Waals surface area (Å²) < 4.78 is 12.9. The molecule has 1 heterocycles. The van der Waals surface area contributed by atoms with Crippen LogP contribution in [-0.2, 0) is 6.54 Å². The van der Waals surface area contributed by atoms with Gasteiger partial charge in [-0.15, -0.1) is 11.3 Å². The lowest BCUT2D eigenvalue weighted by molar-refractivity contribution is 0.627. The predicted octanol–water partition coefficient (Wildman–Crippen LogP) is 3.32. The van der Waals surface area contributed by atoms with Gasteiger partial charge in [-0.25, -0.2) is 4.39 Å². The van der Waals surface area contributed by atoms with Crippen molar-refractivity contribution in [3.63, 3.8) is 0 Å². The van der Waals surface area contributed by atoms with Crippen LogP contribution in [0.4, 0.5) is 4.39 Å². The van der Waals surface area contributed by atoms with Gasteiger partial charge in [0.1, 0.15) is 5.82 Å². The number of halogens is 1. The monoisotopic (exact) mass is 221 g/mol. The van der Waals surface area contributed by atoms with Gasteiger partial charge < -0.3 is 5.73 Å². The smallest absolute Gasteiger partial charge is 0.123 e. The minimum atomic E-state index is -0.194. The lowest BCUT2D eigenvalue weighted by atomic mass is 10.0. The van der Waals surface area contributed by atoms with E-state index in [2.05, 4.69) is 0 Å². The van der Waals surface area contributed by atoms with Gasteiger partial charge in [-0.3, -0.25) is 0 Å².